The number of halogens is 9. The Labute approximate surface area is 786 Å². The molecule has 0 bridgehead atoms. The van der Waals surface area contributed by atoms with Gasteiger partial charge in [-0.3, -0.25) is 4.79 Å². The fraction of sp³-hybridized carbons (Fsp3) is 0.507. The van der Waals surface area contributed by atoms with Crippen LogP contribution >= 0.6 is 15.9 Å². The van der Waals surface area contributed by atoms with Crippen LogP contribution in [-0.4, -0.2) is 123 Å². The van der Waals surface area contributed by atoms with E-state index in [1.807, 2.05) is 151 Å². The van der Waals surface area contributed by atoms with Gasteiger partial charge in [-0.05, 0) is 236 Å². The van der Waals surface area contributed by atoms with Crippen LogP contribution in [0.5, 0.6) is 23.0 Å². The zero-order chi connectivity index (χ0) is 82.8. The van der Waals surface area contributed by atoms with Gasteiger partial charge in [-0.25, -0.2) is 22.0 Å². The molecule has 0 radical (unpaired) electrons. The largest absolute Gasteiger partial charge is 1.00 e. The molecule has 9 rings (SSSR count). The van der Waals surface area contributed by atoms with Crippen molar-refractivity contribution in [2.24, 2.45) is 0 Å². The van der Waals surface area contributed by atoms with E-state index in [2.05, 4.69) is 38.2 Å². The molecule has 5 aromatic rings. The Morgan fingerprint density at radius 3 is 1.08 bits per heavy atom. The van der Waals surface area contributed by atoms with Crippen LogP contribution in [0.4, 0.5) is 35.1 Å². The van der Waals surface area contributed by atoms with Crippen molar-refractivity contribution in [3.8, 4) is 23.0 Å². The average Bonchev–Trinajstić information content (AvgIpc) is 1.60. The van der Waals surface area contributed by atoms with E-state index < -0.39 is 83.1 Å². The molecule has 0 amide bonds. The summed E-state index contributed by atoms with van der Waals surface area (Å²) in [6.45, 7) is 54.8. The van der Waals surface area contributed by atoms with E-state index >= 15 is 0 Å². The Balaban J connectivity index is -0.000000389. The third kappa shape index (κ3) is 33.7. The van der Waals surface area contributed by atoms with Crippen LogP contribution in [0.2, 0.25) is 0 Å². The van der Waals surface area contributed by atoms with Crippen LogP contribution in [0.15, 0.2) is 114 Å². The number of hydrogen-bond donors (Lipinski definition) is 3. The van der Waals surface area contributed by atoms with Crippen LogP contribution < -0.4 is 174 Å². The van der Waals surface area contributed by atoms with Gasteiger partial charge in [-0.15, -0.1) is 6.58 Å². The van der Waals surface area contributed by atoms with Gasteiger partial charge in [0.2, 0.25) is 0 Å². The number of phenols is 3. The maximum Gasteiger partial charge on any atom is 1.00 e. The maximum absolute atomic E-state index is 14.0. The van der Waals surface area contributed by atoms with E-state index in [4.69, 9.17) is 67.4 Å². The minimum atomic E-state index is -5.79. The van der Waals surface area contributed by atoms with E-state index in [9.17, 15) is 48.6 Å². The molecule has 4 saturated heterocycles. The second-order valence-corrected chi connectivity index (χ2v) is 31.8. The quantitative estimate of drug-likeness (QED) is 0.0307. The fourth-order valence-electron chi connectivity index (χ4n) is 9.22. The van der Waals surface area contributed by atoms with Crippen molar-refractivity contribution in [2.75, 3.05) is 0 Å². The molecule has 110 heavy (non-hydrogen) atoms. The van der Waals surface area contributed by atoms with Crippen LogP contribution in [0, 0.1) is 29.1 Å². The zero-order valence-electron chi connectivity index (χ0n) is 68.9. The minimum absolute atomic E-state index is 0. The number of carboxylic acids is 1. The van der Waals surface area contributed by atoms with Crippen molar-refractivity contribution >= 4 is 86.2 Å². The second-order valence-electron chi connectivity index (χ2n) is 29.5. The molecule has 3 N–H and O–H groups in total. The molecule has 0 saturated carbocycles. The first-order valence-corrected chi connectivity index (χ1v) is 35.5. The first-order chi connectivity index (χ1) is 48.0. The molecule has 0 aliphatic carbocycles. The summed E-state index contributed by atoms with van der Waals surface area (Å²) in [7, 11) is -7.48. The zero-order valence-corrected chi connectivity index (χ0v) is 79.6. The molecule has 4 fully saturated rings. The summed E-state index contributed by atoms with van der Waals surface area (Å²) in [5, 5.41) is 44.5. The van der Waals surface area contributed by atoms with Gasteiger partial charge in [0, 0.05) is 17.1 Å². The molecule has 4 heterocycles. The summed E-state index contributed by atoms with van der Waals surface area (Å²) >= 11 is 2.85. The normalized spacial score (nSPS) is 17.0. The number of aliphatic carboxylic acids is 1. The third-order valence-electron chi connectivity index (χ3n) is 17.7. The summed E-state index contributed by atoms with van der Waals surface area (Å²) < 4.78 is 175. The number of alkyl halides is 3. The Bertz CT molecular complexity index is 3730. The first kappa shape index (κ1) is 115. The number of carbonyl (C=O) groups excluding carboxylic acids is 2. The van der Waals surface area contributed by atoms with Crippen molar-refractivity contribution in [3.05, 3.63) is 165 Å². The van der Waals surface area contributed by atoms with E-state index in [0.717, 1.165) is 36.1 Å². The summed E-state index contributed by atoms with van der Waals surface area (Å²) in [5.74, 6) is -4.46. The van der Waals surface area contributed by atoms with Gasteiger partial charge in [0.15, 0.2) is 0 Å². The smallest absolute Gasteiger partial charge is 1.00 e. The van der Waals surface area contributed by atoms with Crippen molar-refractivity contribution in [1.82, 2.24) is 0 Å². The summed E-state index contributed by atoms with van der Waals surface area (Å²) in [4.78, 5) is 20.1. The monoisotopic (exact) mass is 1720 g/mol. The van der Waals surface area contributed by atoms with Crippen molar-refractivity contribution in [3.63, 3.8) is 0 Å². The maximum atomic E-state index is 14.0. The Morgan fingerprint density at radius 2 is 0.809 bits per heavy atom. The number of phenolic OH excluding ortho intramolecular Hbond substituents is 3. The van der Waals surface area contributed by atoms with Gasteiger partial charge in [-0.1, -0.05) is 98.4 Å². The third-order valence-corrected chi connectivity index (χ3v) is 19.4. The predicted molar refractivity (Wildman–Crippen MR) is 406 cm³/mol. The molecule has 600 valence electrons. The SMILES string of the molecule is C=C(C)B1OC(C)(C)C(C)(C)O1.C=C(C)c1c(O)cccc1F.CC(=O)[O-].CC(C)c1c(F)cccc1B1OC(C)(C)C(C)(C)O1.CC(C)c1c(F)cccc1OS(=O)(=O)C(F)(F)F.CC(C)c1c(O)cccc1F.CC1(C)OB(B2OC(C)(C)C(C)(C)O2)OC1(C)C.O=CO[O-].Oc1cccc(F)c1Br.[BH4-].[H-].[K+].[K+].[K+]. The molecular formula is C73H106B5BrF8K3O19S-. The standard InChI is InChI=1S/C15H22BFO2.C12H24B2O4.C10H10F4O3S.C9H17BO2.C9H11FO.C9H9FO.C6H4BrFO.C2H4O2.CH2O3.BH4.3K.H/c1-10(2)13-11(8-7-9-12(13)17)16-18-14(3,4)15(5,6)19-16;1-9(2)10(3,4)16-13(15-9)14-17-11(5,6)12(7,8)18-14;1-6(2)9-7(11)4-3-5-8(9)17-18(15,16)10(12,13)14;1-7(2)10-11-8(3,4)9(5,6)12-10;2*1-6(2)9-7(10)4-3-5-8(9)11;7-6-4(8)2-1-3-5(6)9;1-2(3)4;2-1-4-3;;;;;/h7-10H,1-6H3;1-8H3;3-6H,1-2H3;1H2,2-6H3;3-6,11H,1-2H3;3-5,11H,1H2,2H3;1-3,9H;1H3,(H,3,4);1,3H;1H4;;;;/q;;;;;;;;;-1;3*+1;-1/p-2. The fourth-order valence-corrected chi connectivity index (χ4v) is 9.96. The molecule has 0 atom stereocenters. The molecule has 4 aliphatic rings. The van der Waals surface area contributed by atoms with Gasteiger partial charge < -0.3 is 78.2 Å². The summed E-state index contributed by atoms with van der Waals surface area (Å²) in [5.41, 5.74) is -4.96. The molecular weight excluding hydrogens is 1620 g/mol. The Kier molecular flexibility index (Phi) is 50.0. The first-order valence-electron chi connectivity index (χ1n) is 33.3. The molecule has 19 nitrogen and oxygen atoms in total. The molecule has 0 unspecified atom stereocenters. The number of carbonyl (C=O) groups is 2. The topological polar surface area (TPSA) is 267 Å². The number of benzene rings is 5. The average molecular weight is 1720 g/mol. The molecule has 37 heteroatoms. The van der Waals surface area contributed by atoms with Gasteiger partial charge in [0.1, 0.15) is 52.1 Å². The number of carboxylic acid groups (broad SMARTS) is 1. The van der Waals surface area contributed by atoms with Gasteiger partial charge in [0.05, 0.1) is 54.8 Å². The van der Waals surface area contributed by atoms with E-state index in [1.165, 1.54) is 74.5 Å². The molecule has 0 aromatic heterocycles. The van der Waals surface area contributed by atoms with Gasteiger partial charge in [-0.2, -0.15) is 21.6 Å². The van der Waals surface area contributed by atoms with E-state index in [1.54, 1.807) is 13.0 Å². The van der Waals surface area contributed by atoms with E-state index in [0.29, 0.717) is 16.7 Å². The van der Waals surface area contributed by atoms with E-state index in [-0.39, 0.29) is 268 Å². The van der Waals surface area contributed by atoms with Crippen molar-refractivity contribution in [2.45, 2.75) is 241 Å². The molecule has 4 aliphatic heterocycles. The number of hydrogen-bond acceptors (Lipinski definition) is 19. The second kappa shape index (κ2) is 47.9. The van der Waals surface area contributed by atoms with Gasteiger partial charge >= 0.3 is 198 Å². The minimum Gasteiger partial charge on any atom is -1.00 e. The molecule has 0 spiro atoms. The van der Waals surface area contributed by atoms with Crippen LogP contribution in [0.1, 0.15) is 215 Å². The van der Waals surface area contributed by atoms with Gasteiger partial charge in [0.25, 0.3) is 6.47 Å². The van der Waals surface area contributed by atoms with Crippen LogP contribution in [0.3, 0.4) is 0 Å². The van der Waals surface area contributed by atoms with Crippen LogP contribution in [0.25, 0.3) is 5.57 Å². The summed E-state index contributed by atoms with van der Waals surface area (Å²) in [6, 6.07) is 20.8. The predicted octanol–water partition coefficient (Wildman–Crippen LogP) is 5.25. The van der Waals surface area contributed by atoms with Crippen molar-refractivity contribution in [1.29, 1.82) is 0 Å². The summed E-state index contributed by atoms with van der Waals surface area (Å²) in [6.07, 6.45) is 0. The Hall–Kier alpha value is -1.54. The number of aromatic hydroxyl groups is 3. The van der Waals surface area contributed by atoms with Crippen molar-refractivity contribution < 1.29 is 281 Å². The number of rotatable bonds is 10. The van der Waals surface area contributed by atoms with Crippen LogP contribution in [-0.2, 0) is 61.8 Å². The number of allylic oxidation sites excluding steroid dienone is 2. The molecule has 5 aromatic carbocycles. The Morgan fingerprint density at radius 1 is 0.518 bits per heavy atom.